The molecule has 8 nitrogen and oxygen atoms in total. The molecule has 0 spiro atoms. The summed E-state index contributed by atoms with van der Waals surface area (Å²) in [5.41, 5.74) is 2.72. The first-order valence-corrected chi connectivity index (χ1v) is 12.8. The fourth-order valence-corrected chi connectivity index (χ4v) is 4.99. The van der Waals surface area contributed by atoms with E-state index in [-0.39, 0.29) is 11.3 Å². The number of quaternary nitrogens is 1. The fraction of sp³-hybridized carbons (Fsp3) is 0.609. The first kappa shape index (κ1) is 25.9. The molecule has 0 radical (unpaired) electrons. The number of benzene rings is 1. The van der Waals surface area contributed by atoms with Gasteiger partial charge in [-0.05, 0) is 18.2 Å². The van der Waals surface area contributed by atoms with Gasteiger partial charge in [0.05, 0.1) is 36.9 Å². The van der Waals surface area contributed by atoms with Crippen LogP contribution in [0, 0.1) is 5.21 Å². The van der Waals surface area contributed by atoms with Crippen LogP contribution in [0.15, 0.2) is 11.0 Å². The van der Waals surface area contributed by atoms with Crippen LogP contribution in [0.1, 0.15) is 50.3 Å². The van der Waals surface area contributed by atoms with Gasteiger partial charge in [0.1, 0.15) is 11.3 Å². The van der Waals surface area contributed by atoms with Crippen molar-refractivity contribution in [2.45, 2.75) is 44.4 Å². The van der Waals surface area contributed by atoms with Crippen LogP contribution in [0.2, 0.25) is 0 Å². The van der Waals surface area contributed by atoms with Gasteiger partial charge in [-0.1, -0.05) is 27.7 Å². The molecule has 1 fully saturated rings. The second-order valence-electron chi connectivity index (χ2n) is 10.1. The molecule has 1 aliphatic heterocycles. The summed E-state index contributed by atoms with van der Waals surface area (Å²) in [5, 5.41) is 16.9. The number of imidazole rings is 1. The van der Waals surface area contributed by atoms with E-state index in [4.69, 9.17) is 17.2 Å². The minimum Gasteiger partial charge on any atom is -0.785 e. The predicted octanol–water partition coefficient (Wildman–Crippen LogP) is 4.02. The van der Waals surface area contributed by atoms with Crippen LogP contribution in [-0.4, -0.2) is 88.5 Å². The van der Waals surface area contributed by atoms with E-state index in [1.807, 2.05) is 6.07 Å². The number of nitrogens with one attached hydrogen (secondary N) is 2. The van der Waals surface area contributed by atoms with Gasteiger partial charge in [-0.15, -0.1) is 11.8 Å². The Hall–Kier alpha value is -1.72. The molecule has 0 aliphatic carbocycles. The molecule has 2 aromatic rings. The van der Waals surface area contributed by atoms with Gasteiger partial charge in [0.15, 0.2) is 0 Å². The maximum atomic E-state index is 13.4. The van der Waals surface area contributed by atoms with Crippen molar-refractivity contribution in [1.29, 1.82) is 0 Å². The van der Waals surface area contributed by atoms with Crippen LogP contribution in [0.5, 0.6) is 0 Å². The van der Waals surface area contributed by atoms with Crippen LogP contribution in [0.25, 0.3) is 11.0 Å². The fourth-order valence-electron chi connectivity index (χ4n) is 3.70. The van der Waals surface area contributed by atoms with E-state index in [9.17, 15) is 10.0 Å². The molecular weight excluding hydrogens is 456 g/mol. The van der Waals surface area contributed by atoms with Gasteiger partial charge in [0.2, 0.25) is 0 Å². The molecule has 0 saturated carbocycles. The number of aromatic nitrogens is 2. The quantitative estimate of drug-likeness (QED) is 0.370. The van der Waals surface area contributed by atoms with Crippen molar-refractivity contribution in [1.82, 2.24) is 19.9 Å². The van der Waals surface area contributed by atoms with Crippen molar-refractivity contribution in [2.24, 2.45) is 0 Å². The van der Waals surface area contributed by atoms with Crippen molar-refractivity contribution in [2.75, 3.05) is 58.4 Å². The van der Waals surface area contributed by atoms with E-state index in [0.29, 0.717) is 46.9 Å². The van der Waals surface area contributed by atoms with Gasteiger partial charge >= 0.3 is 0 Å². The highest BCUT2D eigenvalue weighted by Gasteiger charge is 2.33. The van der Waals surface area contributed by atoms with Crippen molar-refractivity contribution in [3.8, 4) is 0 Å². The minimum atomic E-state index is -0.187. The lowest BCUT2D eigenvalue weighted by Crippen LogP contribution is -2.60. The summed E-state index contributed by atoms with van der Waals surface area (Å²) in [6.07, 6.45) is 0.975. The topological polar surface area (TPSA) is 87.3 Å². The molecule has 10 heteroatoms. The summed E-state index contributed by atoms with van der Waals surface area (Å²) in [6.45, 7) is 10.6. The first-order valence-electron chi connectivity index (χ1n) is 11.4. The Labute approximate surface area is 206 Å². The molecule has 182 valence electrons. The predicted molar refractivity (Wildman–Crippen MR) is 141 cm³/mol. The Morgan fingerprint density at radius 2 is 2.00 bits per heavy atom. The molecule has 2 heterocycles. The highest BCUT2D eigenvalue weighted by atomic mass is 32.2. The number of fused-ring (bicyclic) bond motifs is 1. The van der Waals surface area contributed by atoms with Gasteiger partial charge in [-0.25, -0.2) is 4.98 Å². The molecule has 3 rings (SSSR count). The van der Waals surface area contributed by atoms with Crippen LogP contribution in [0.3, 0.4) is 0 Å². The monoisotopic (exact) mass is 492 g/mol. The van der Waals surface area contributed by atoms with Gasteiger partial charge in [0, 0.05) is 49.7 Å². The van der Waals surface area contributed by atoms with Gasteiger partial charge in [0.25, 0.3) is 11.0 Å². The van der Waals surface area contributed by atoms with E-state index in [1.165, 1.54) is 0 Å². The molecular formula is C23H36N6O2S2. The number of anilines is 1. The molecule has 1 saturated heterocycles. The van der Waals surface area contributed by atoms with Crippen molar-refractivity contribution in [3.05, 3.63) is 22.7 Å². The van der Waals surface area contributed by atoms with E-state index >= 15 is 0 Å². The molecule has 1 amide bonds. The molecule has 2 N–H and O–H groups in total. The van der Waals surface area contributed by atoms with Crippen molar-refractivity contribution in [3.63, 3.8) is 0 Å². The number of thioether (sulfide) groups is 1. The highest BCUT2D eigenvalue weighted by Crippen LogP contribution is 2.38. The number of H-pyrrole nitrogens is 1. The lowest BCUT2D eigenvalue weighted by atomic mass is 9.96. The average Bonchev–Trinajstić information content (AvgIpc) is 3.17. The number of nitrogens with zero attached hydrogens (tertiary/aromatic N) is 4. The van der Waals surface area contributed by atoms with Crippen molar-refractivity contribution >= 4 is 51.7 Å². The molecule has 1 aliphatic rings. The summed E-state index contributed by atoms with van der Waals surface area (Å²) in [6, 6.07) is 2.02. The maximum absolute atomic E-state index is 13.4. The molecule has 0 unspecified atom stereocenters. The molecule has 1 aromatic heterocycles. The Morgan fingerprint density at radius 3 is 2.55 bits per heavy atom. The zero-order valence-electron chi connectivity index (χ0n) is 20.7. The normalized spacial score (nSPS) is 16.7. The Morgan fingerprint density at radius 1 is 1.36 bits per heavy atom. The number of hydroxylamine groups is 2. The van der Waals surface area contributed by atoms with E-state index in [0.717, 1.165) is 39.2 Å². The average molecular weight is 493 g/mol. The summed E-state index contributed by atoms with van der Waals surface area (Å²) in [5.74, 6) is 1.62. The number of amides is 1. The van der Waals surface area contributed by atoms with Crippen LogP contribution < -0.4 is 5.32 Å². The number of likely N-dealkylation sites (N-methyl/N-ethyl adjacent to an activating group) is 1. The zero-order chi connectivity index (χ0) is 24.6. The van der Waals surface area contributed by atoms with Crippen molar-refractivity contribution < 1.29 is 9.28 Å². The Bertz CT molecular complexity index is 1040. The number of rotatable bonds is 5. The van der Waals surface area contributed by atoms with Crippen LogP contribution >= 0.6 is 24.0 Å². The number of piperazine rings is 1. The van der Waals surface area contributed by atoms with E-state index in [2.05, 4.69) is 45.0 Å². The number of hydrogen-bond acceptors (Lipinski definition) is 6. The standard InChI is InChI=1S/C23H36N6O2S2/c1-8-13-33-19-16(25-22(32)29(7)11-9-28(31)10-12-29)14-15-18(17(19)20(30)27(5)6)26-21(24-15)23(2,3)4/h14H,8-13H2,1-7H3,(H,24,26)(H,25,32). The zero-order valence-corrected chi connectivity index (χ0v) is 22.4. The number of carbonyl (C=O) groups is 1. The SMILES string of the molecule is CCCSc1c(NC(=S)[N+]2(C)CCN([O-])CC2)cc2[nH]c(C(C)(C)C)nc2c1C(=O)N(C)C. The van der Waals surface area contributed by atoms with Crippen LogP contribution in [0.4, 0.5) is 5.69 Å². The number of carbonyl (C=O) groups excluding carboxylic acids is 1. The lowest BCUT2D eigenvalue weighted by Gasteiger charge is -2.43. The Balaban J connectivity index is 2.16. The van der Waals surface area contributed by atoms with Gasteiger partial charge < -0.3 is 25.5 Å². The van der Waals surface area contributed by atoms with Crippen LogP contribution in [-0.2, 0) is 5.41 Å². The molecule has 0 bridgehead atoms. The summed E-state index contributed by atoms with van der Waals surface area (Å²) in [4.78, 5) is 24.2. The summed E-state index contributed by atoms with van der Waals surface area (Å²) >= 11 is 7.49. The third-order valence-corrected chi connectivity index (χ3v) is 7.80. The second-order valence-corrected chi connectivity index (χ2v) is 11.6. The summed E-state index contributed by atoms with van der Waals surface area (Å²) < 4.78 is 0.497. The van der Waals surface area contributed by atoms with E-state index < -0.39 is 0 Å². The first-order chi connectivity index (χ1) is 15.4. The highest BCUT2D eigenvalue weighted by molar-refractivity contribution is 7.99. The number of hydrogen-bond donors (Lipinski definition) is 2. The van der Waals surface area contributed by atoms with Gasteiger partial charge in [-0.3, -0.25) is 9.28 Å². The van der Waals surface area contributed by atoms with E-state index in [1.54, 1.807) is 30.8 Å². The van der Waals surface area contributed by atoms with Gasteiger partial charge in [-0.2, -0.15) is 0 Å². The molecule has 0 atom stereocenters. The number of thiocarbonyl (C=S) groups is 1. The molecule has 1 aromatic carbocycles. The maximum Gasteiger partial charge on any atom is 0.274 e. The molecule has 33 heavy (non-hydrogen) atoms. The third-order valence-electron chi connectivity index (χ3n) is 5.93. The second kappa shape index (κ2) is 9.87. The largest absolute Gasteiger partial charge is 0.785 e. The minimum absolute atomic E-state index is 0.0829. The lowest BCUT2D eigenvalue weighted by molar-refractivity contribution is -0.823. The Kier molecular flexibility index (Phi) is 7.75. The smallest absolute Gasteiger partial charge is 0.274 e. The summed E-state index contributed by atoms with van der Waals surface area (Å²) in [7, 11) is 5.58. The third kappa shape index (κ3) is 5.51. The number of aromatic amines is 1.